The standard InChI is InChI=1S/C16H19N5O3/c22-16(21-7-9-23-10-8-21)15-18-14(19-24-15)12-3-4-13(17-11-12)20-5-1-2-6-20/h3-4,11H,1-2,5-10H2. The number of carbonyl (C=O) groups is 1. The molecular formula is C16H19N5O3. The van der Waals surface area contributed by atoms with Gasteiger partial charge in [0.2, 0.25) is 5.82 Å². The zero-order valence-electron chi connectivity index (χ0n) is 13.3. The van der Waals surface area contributed by atoms with Crippen LogP contribution in [0.4, 0.5) is 5.82 Å². The van der Waals surface area contributed by atoms with Gasteiger partial charge in [0.05, 0.1) is 13.2 Å². The Kier molecular flexibility index (Phi) is 4.12. The van der Waals surface area contributed by atoms with Crippen molar-refractivity contribution in [2.75, 3.05) is 44.3 Å². The first-order chi connectivity index (χ1) is 11.8. The topological polar surface area (TPSA) is 84.6 Å². The molecular weight excluding hydrogens is 310 g/mol. The van der Waals surface area contributed by atoms with Crippen molar-refractivity contribution >= 4 is 11.7 Å². The number of nitrogens with zero attached hydrogens (tertiary/aromatic N) is 5. The summed E-state index contributed by atoms with van der Waals surface area (Å²) in [6, 6.07) is 3.87. The van der Waals surface area contributed by atoms with Gasteiger partial charge in [0.1, 0.15) is 5.82 Å². The van der Waals surface area contributed by atoms with E-state index in [-0.39, 0.29) is 11.8 Å². The van der Waals surface area contributed by atoms with Crippen LogP contribution in [-0.4, -0.2) is 65.3 Å². The van der Waals surface area contributed by atoms with Gasteiger partial charge in [0, 0.05) is 37.9 Å². The average Bonchev–Trinajstić information content (AvgIpc) is 3.34. The Hall–Kier alpha value is -2.48. The maximum atomic E-state index is 12.3. The Morgan fingerprint density at radius 2 is 1.88 bits per heavy atom. The number of aromatic nitrogens is 3. The Bertz CT molecular complexity index is 703. The molecule has 126 valence electrons. The summed E-state index contributed by atoms with van der Waals surface area (Å²) in [6.07, 6.45) is 4.14. The normalized spacial score (nSPS) is 18.2. The van der Waals surface area contributed by atoms with E-state index in [9.17, 15) is 4.79 Å². The number of morpholine rings is 1. The average molecular weight is 329 g/mol. The number of hydrogen-bond acceptors (Lipinski definition) is 7. The van der Waals surface area contributed by atoms with E-state index in [2.05, 4.69) is 20.0 Å². The highest BCUT2D eigenvalue weighted by molar-refractivity contribution is 5.90. The Morgan fingerprint density at radius 1 is 1.08 bits per heavy atom. The van der Waals surface area contributed by atoms with E-state index in [4.69, 9.17) is 9.26 Å². The lowest BCUT2D eigenvalue weighted by Crippen LogP contribution is -2.40. The molecule has 8 heteroatoms. The lowest BCUT2D eigenvalue weighted by atomic mass is 10.2. The van der Waals surface area contributed by atoms with Crippen LogP contribution >= 0.6 is 0 Å². The maximum absolute atomic E-state index is 12.3. The molecule has 24 heavy (non-hydrogen) atoms. The summed E-state index contributed by atoms with van der Waals surface area (Å²) in [5.74, 6) is 1.10. The predicted molar refractivity (Wildman–Crippen MR) is 85.7 cm³/mol. The highest BCUT2D eigenvalue weighted by Crippen LogP contribution is 2.21. The molecule has 0 saturated carbocycles. The van der Waals surface area contributed by atoms with Crippen molar-refractivity contribution in [3.63, 3.8) is 0 Å². The van der Waals surface area contributed by atoms with Gasteiger partial charge in [-0.25, -0.2) is 4.98 Å². The first-order valence-electron chi connectivity index (χ1n) is 8.23. The van der Waals surface area contributed by atoms with Crippen molar-refractivity contribution in [2.24, 2.45) is 0 Å². The minimum Gasteiger partial charge on any atom is -0.378 e. The zero-order valence-corrected chi connectivity index (χ0v) is 13.3. The quantitative estimate of drug-likeness (QED) is 0.836. The van der Waals surface area contributed by atoms with Crippen LogP contribution in [-0.2, 0) is 4.74 Å². The summed E-state index contributed by atoms with van der Waals surface area (Å²) in [7, 11) is 0. The Labute approximate surface area is 139 Å². The molecule has 2 aromatic heterocycles. The number of rotatable bonds is 3. The van der Waals surface area contributed by atoms with E-state index in [1.807, 2.05) is 12.1 Å². The first-order valence-corrected chi connectivity index (χ1v) is 8.23. The molecule has 2 aliphatic heterocycles. The molecule has 8 nitrogen and oxygen atoms in total. The first kappa shape index (κ1) is 15.1. The monoisotopic (exact) mass is 329 g/mol. The van der Waals surface area contributed by atoms with E-state index in [0.29, 0.717) is 32.1 Å². The molecule has 0 aromatic carbocycles. The highest BCUT2D eigenvalue weighted by Gasteiger charge is 2.24. The molecule has 0 bridgehead atoms. The Morgan fingerprint density at radius 3 is 2.58 bits per heavy atom. The van der Waals surface area contributed by atoms with Gasteiger partial charge in [-0.2, -0.15) is 4.98 Å². The Balaban J connectivity index is 1.48. The van der Waals surface area contributed by atoms with E-state index in [1.54, 1.807) is 11.1 Å². The number of carbonyl (C=O) groups excluding carboxylic acids is 1. The van der Waals surface area contributed by atoms with Crippen LogP contribution in [0.1, 0.15) is 23.5 Å². The van der Waals surface area contributed by atoms with Crippen LogP contribution in [0.15, 0.2) is 22.9 Å². The third-order valence-corrected chi connectivity index (χ3v) is 4.34. The molecule has 1 amide bonds. The minimum absolute atomic E-state index is 0.00974. The summed E-state index contributed by atoms with van der Waals surface area (Å²) in [5, 5.41) is 3.91. The number of anilines is 1. The van der Waals surface area contributed by atoms with Crippen molar-refractivity contribution in [2.45, 2.75) is 12.8 Å². The van der Waals surface area contributed by atoms with E-state index in [0.717, 1.165) is 24.5 Å². The summed E-state index contributed by atoms with van der Waals surface area (Å²) in [4.78, 5) is 24.9. The zero-order chi connectivity index (χ0) is 16.4. The van der Waals surface area contributed by atoms with Crippen molar-refractivity contribution < 1.29 is 14.1 Å². The number of hydrogen-bond donors (Lipinski definition) is 0. The highest BCUT2D eigenvalue weighted by atomic mass is 16.5. The molecule has 0 aliphatic carbocycles. The second-order valence-electron chi connectivity index (χ2n) is 5.93. The number of amides is 1. The molecule has 2 aromatic rings. The van der Waals surface area contributed by atoms with Crippen LogP contribution in [0.2, 0.25) is 0 Å². The molecule has 0 spiro atoms. The van der Waals surface area contributed by atoms with Crippen molar-refractivity contribution in [1.82, 2.24) is 20.0 Å². The van der Waals surface area contributed by atoms with Crippen LogP contribution < -0.4 is 4.90 Å². The smallest absolute Gasteiger partial charge is 0.316 e. The summed E-state index contributed by atoms with van der Waals surface area (Å²) < 4.78 is 10.4. The van der Waals surface area contributed by atoms with Crippen LogP contribution in [0.5, 0.6) is 0 Å². The van der Waals surface area contributed by atoms with Crippen molar-refractivity contribution in [3.05, 3.63) is 24.2 Å². The number of pyridine rings is 1. The van der Waals surface area contributed by atoms with Crippen LogP contribution in [0, 0.1) is 0 Å². The molecule has 2 fully saturated rings. The van der Waals surface area contributed by atoms with Gasteiger partial charge in [0.25, 0.3) is 0 Å². The summed E-state index contributed by atoms with van der Waals surface area (Å²) >= 11 is 0. The van der Waals surface area contributed by atoms with Gasteiger partial charge in [-0.05, 0) is 25.0 Å². The molecule has 0 radical (unpaired) electrons. The number of ether oxygens (including phenoxy) is 1. The summed E-state index contributed by atoms with van der Waals surface area (Å²) in [5.41, 5.74) is 0.739. The largest absolute Gasteiger partial charge is 0.378 e. The summed E-state index contributed by atoms with van der Waals surface area (Å²) in [6.45, 7) is 4.26. The van der Waals surface area contributed by atoms with Gasteiger partial charge in [-0.3, -0.25) is 4.79 Å². The van der Waals surface area contributed by atoms with Gasteiger partial charge < -0.3 is 19.1 Å². The third kappa shape index (κ3) is 2.96. The fraction of sp³-hybridized carbons (Fsp3) is 0.500. The van der Waals surface area contributed by atoms with E-state index >= 15 is 0 Å². The van der Waals surface area contributed by atoms with E-state index in [1.165, 1.54) is 12.8 Å². The second kappa shape index (κ2) is 6.56. The molecule has 0 unspecified atom stereocenters. The van der Waals surface area contributed by atoms with Gasteiger partial charge >= 0.3 is 11.8 Å². The molecule has 2 aliphatic rings. The van der Waals surface area contributed by atoms with Gasteiger partial charge in [0.15, 0.2) is 0 Å². The lowest BCUT2D eigenvalue weighted by molar-refractivity contribution is 0.0272. The maximum Gasteiger partial charge on any atom is 0.316 e. The van der Waals surface area contributed by atoms with Gasteiger partial charge in [-0.1, -0.05) is 5.16 Å². The predicted octanol–water partition coefficient (Wildman–Crippen LogP) is 1.20. The van der Waals surface area contributed by atoms with Crippen molar-refractivity contribution in [3.8, 4) is 11.4 Å². The molecule has 2 saturated heterocycles. The fourth-order valence-electron chi connectivity index (χ4n) is 2.98. The lowest BCUT2D eigenvalue weighted by Gasteiger charge is -2.25. The molecule has 4 rings (SSSR count). The van der Waals surface area contributed by atoms with Crippen molar-refractivity contribution in [1.29, 1.82) is 0 Å². The fourth-order valence-corrected chi connectivity index (χ4v) is 2.98. The van der Waals surface area contributed by atoms with Crippen LogP contribution in [0.3, 0.4) is 0 Å². The van der Waals surface area contributed by atoms with Crippen LogP contribution in [0.25, 0.3) is 11.4 Å². The SMILES string of the molecule is O=C(c1nc(-c2ccc(N3CCCC3)nc2)no1)N1CCOCC1. The third-order valence-electron chi connectivity index (χ3n) is 4.34. The van der Waals surface area contributed by atoms with Gasteiger partial charge in [-0.15, -0.1) is 0 Å². The molecule has 0 N–H and O–H groups in total. The van der Waals surface area contributed by atoms with E-state index < -0.39 is 0 Å². The minimum atomic E-state index is -0.251. The molecule has 4 heterocycles. The molecule has 0 atom stereocenters. The second-order valence-corrected chi connectivity index (χ2v) is 5.93.